The first-order valence-electron chi connectivity index (χ1n) is 6.65. The van der Waals surface area contributed by atoms with Crippen molar-refractivity contribution in [2.45, 2.75) is 24.9 Å². The lowest BCUT2D eigenvalue weighted by Crippen LogP contribution is -2.34. The van der Waals surface area contributed by atoms with Crippen LogP contribution in [0.15, 0.2) is 18.3 Å². The van der Waals surface area contributed by atoms with Crippen molar-refractivity contribution in [1.29, 1.82) is 0 Å². The molecule has 1 aliphatic rings. The largest absolute Gasteiger partial charge is 0.323 e. The summed E-state index contributed by atoms with van der Waals surface area (Å²) in [6.07, 6.45) is 2.50. The second kappa shape index (κ2) is 6.15. The van der Waals surface area contributed by atoms with Crippen LogP contribution in [0.25, 0.3) is 0 Å². The molecule has 7 heteroatoms. The average molecular weight is 301 g/mol. The molecule has 1 aromatic heterocycles. The van der Waals surface area contributed by atoms with E-state index in [0.29, 0.717) is 25.1 Å². The Morgan fingerprint density at radius 1 is 1.55 bits per heavy atom. The Kier molecular flexibility index (Phi) is 4.72. The maximum atomic E-state index is 12.8. The van der Waals surface area contributed by atoms with E-state index in [4.69, 9.17) is 5.73 Å². The Hall–Kier alpha value is -1.05. The maximum absolute atomic E-state index is 12.8. The quantitative estimate of drug-likeness (QED) is 0.867. The van der Waals surface area contributed by atoms with E-state index in [1.54, 1.807) is 6.07 Å². The molecule has 0 aliphatic carbocycles. The Balaban J connectivity index is 1.84. The number of nitrogens with zero attached hydrogens (tertiary/aromatic N) is 2. The van der Waals surface area contributed by atoms with Gasteiger partial charge in [0.2, 0.25) is 0 Å². The molecule has 0 saturated carbocycles. The number of sulfone groups is 1. The molecule has 1 aromatic rings. The molecular weight excluding hydrogens is 281 g/mol. The summed E-state index contributed by atoms with van der Waals surface area (Å²) in [5.41, 5.74) is 6.67. The van der Waals surface area contributed by atoms with E-state index in [1.807, 2.05) is 11.9 Å². The molecule has 2 unspecified atom stereocenters. The lowest BCUT2D eigenvalue weighted by atomic mass is 10.1. The van der Waals surface area contributed by atoms with Gasteiger partial charge in [-0.25, -0.2) is 12.8 Å². The first kappa shape index (κ1) is 15.3. The van der Waals surface area contributed by atoms with Crippen LogP contribution in [-0.4, -0.2) is 49.4 Å². The highest BCUT2D eigenvalue weighted by Gasteiger charge is 2.30. The van der Waals surface area contributed by atoms with E-state index in [0.717, 1.165) is 6.20 Å². The van der Waals surface area contributed by atoms with Crippen molar-refractivity contribution in [3.8, 4) is 0 Å². The topological polar surface area (TPSA) is 76.3 Å². The zero-order valence-electron chi connectivity index (χ0n) is 11.5. The summed E-state index contributed by atoms with van der Waals surface area (Å²) < 4.78 is 35.7. The minimum atomic E-state index is -2.86. The van der Waals surface area contributed by atoms with Crippen LogP contribution in [0.5, 0.6) is 0 Å². The summed E-state index contributed by atoms with van der Waals surface area (Å²) in [6.45, 7) is 0.695. The smallest absolute Gasteiger partial charge is 0.151 e. The summed E-state index contributed by atoms with van der Waals surface area (Å²) in [5, 5.41) is 0. The Morgan fingerprint density at radius 2 is 2.30 bits per heavy atom. The second-order valence-corrected chi connectivity index (χ2v) is 7.56. The number of halogens is 1. The fraction of sp³-hybridized carbons (Fsp3) is 0.615. The molecule has 5 nitrogen and oxygen atoms in total. The van der Waals surface area contributed by atoms with Crippen LogP contribution in [0.2, 0.25) is 0 Å². The SMILES string of the molecule is CN(CCC(N)c1ccc(F)cn1)C1CCS(=O)(=O)C1. The Morgan fingerprint density at radius 3 is 2.85 bits per heavy atom. The van der Waals surface area contributed by atoms with Gasteiger partial charge >= 0.3 is 0 Å². The number of hydrogen-bond acceptors (Lipinski definition) is 5. The van der Waals surface area contributed by atoms with Gasteiger partial charge in [0.25, 0.3) is 0 Å². The summed E-state index contributed by atoms with van der Waals surface area (Å²) in [7, 11) is -0.950. The van der Waals surface area contributed by atoms with Crippen molar-refractivity contribution in [1.82, 2.24) is 9.88 Å². The lowest BCUT2D eigenvalue weighted by Gasteiger charge is -2.24. The van der Waals surface area contributed by atoms with E-state index in [1.165, 1.54) is 6.07 Å². The average Bonchev–Trinajstić information content (AvgIpc) is 2.77. The minimum absolute atomic E-state index is 0.0772. The van der Waals surface area contributed by atoms with Crippen molar-refractivity contribution >= 4 is 9.84 Å². The van der Waals surface area contributed by atoms with Gasteiger partial charge in [0, 0.05) is 18.6 Å². The van der Waals surface area contributed by atoms with Gasteiger partial charge < -0.3 is 10.6 Å². The molecule has 20 heavy (non-hydrogen) atoms. The highest BCUT2D eigenvalue weighted by molar-refractivity contribution is 7.91. The van der Waals surface area contributed by atoms with E-state index in [-0.39, 0.29) is 29.4 Å². The van der Waals surface area contributed by atoms with Gasteiger partial charge in [-0.15, -0.1) is 0 Å². The predicted octanol–water partition coefficient (Wildman–Crippen LogP) is 0.729. The first-order chi connectivity index (χ1) is 9.37. The standard InChI is InChI=1S/C13H20FN3O2S/c1-17(11-5-7-20(18,19)9-11)6-4-12(15)13-3-2-10(14)8-16-13/h2-3,8,11-12H,4-7,9,15H2,1H3. The van der Waals surface area contributed by atoms with Crippen molar-refractivity contribution < 1.29 is 12.8 Å². The Bertz CT molecular complexity index is 547. The molecule has 0 aromatic carbocycles. The molecule has 2 atom stereocenters. The van der Waals surface area contributed by atoms with Gasteiger partial charge in [-0.2, -0.15) is 0 Å². The highest BCUT2D eigenvalue weighted by atomic mass is 32.2. The fourth-order valence-corrected chi connectivity index (χ4v) is 4.21. The molecule has 1 aliphatic heterocycles. The van der Waals surface area contributed by atoms with Gasteiger partial charge in [-0.05, 0) is 32.0 Å². The molecule has 0 bridgehead atoms. The van der Waals surface area contributed by atoms with Crippen LogP contribution in [-0.2, 0) is 9.84 Å². The van der Waals surface area contributed by atoms with Gasteiger partial charge in [-0.1, -0.05) is 0 Å². The molecule has 2 N–H and O–H groups in total. The zero-order valence-corrected chi connectivity index (χ0v) is 12.3. The van der Waals surface area contributed by atoms with E-state index in [9.17, 15) is 12.8 Å². The third kappa shape index (κ3) is 3.97. The van der Waals surface area contributed by atoms with E-state index >= 15 is 0 Å². The van der Waals surface area contributed by atoms with Crippen molar-refractivity contribution in [3.63, 3.8) is 0 Å². The first-order valence-corrected chi connectivity index (χ1v) is 8.47. The number of aromatic nitrogens is 1. The molecule has 0 spiro atoms. The van der Waals surface area contributed by atoms with Crippen LogP contribution in [0.3, 0.4) is 0 Å². The molecule has 0 amide bonds. The molecule has 0 radical (unpaired) electrons. The molecule has 2 heterocycles. The van der Waals surface area contributed by atoms with Gasteiger partial charge in [-0.3, -0.25) is 4.98 Å². The fourth-order valence-electron chi connectivity index (χ4n) is 2.40. The zero-order chi connectivity index (χ0) is 14.8. The number of rotatable bonds is 5. The van der Waals surface area contributed by atoms with Gasteiger partial charge in [0.1, 0.15) is 5.82 Å². The third-order valence-corrected chi connectivity index (χ3v) is 5.51. The molecule has 1 fully saturated rings. The Labute approximate surface area is 118 Å². The molecular formula is C13H20FN3O2S. The van der Waals surface area contributed by atoms with Crippen LogP contribution < -0.4 is 5.73 Å². The highest BCUT2D eigenvalue weighted by Crippen LogP contribution is 2.18. The number of hydrogen-bond donors (Lipinski definition) is 1. The molecule has 1 saturated heterocycles. The predicted molar refractivity (Wildman–Crippen MR) is 75.4 cm³/mol. The van der Waals surface area contributed by atoms with Crippen molar-refractivity contribution in [3.05, 3.63) is 29.8 Å². The summed E-state index contributed by atoms with van der Waals surface area (Å²) in [5.74, 6) is 0.121. The molecule has 2 rings (SSSR count). The third-order valence-electron chi connectivity index (χ3n) is 3.75. The molecule has 112 valence electrons. The van der Waals surface area contributed by atoms with Crippen LogP contribution in [0.4, 0.5) is 4.39 Å². The lowest BCUT2D eigenvalue weighted by molar-refractivity contribution is 0.252. The van der Waals surface area contributed by atoms with Crippen molar-refractivity contribution in [2.75, 3.05) is 25.1 Å². The van der Waals surface area contributed by atoms with Crippen LogP contribution in [0.1, 0.15) is 24.6 Å². The minimum Gasteiger partial charge on any atom is -0.323 e. The number of pyridine rings is 1. The van der Waals surface area contributed by atoms with Crippen LogP contribution >= 0.6 is 0 Å². The normalized spacial score (nSPS) is 23.1. The van der Waals surface area contributed by atoms with Crippen molar-refractivity contribution in [2.24, 2.45) is 5.73 Å². The van der Waals surface area contributed by atoms with E-state index < -0.39 is 9.84 Å². The summed E-state index contributed by atoms with van der Waals surface area (Å²) >= 11 is 0. The second-order valence-electron chi connectivity index (χ2n) is 5.33. The number of nitrogens with two attached hydrogens (primary N) is 1. The maximum Gasteiger partial charge on any atom is 0.151 e. The summed E-state index contributed by atoms with van der Waals surface area (Å²) in [4.78, 5) is 6.00. The summed E-state index contributed by atoms with van der Waals surface area (Å²) in [6, 6.07) is 2.74. The van der Waals surface area contributed by atoms with E-state index in [2.05, 4.69) is 4.98 Å². The van der Waals surface area contributed by atoms with Gasteiger partial charge in [0.05, 0.1) is 23.4 Å². The van der Waals surface area contributed by atoms with Gasteiger partial charge in [0.15, 0.2) is 9.84 Å². The van der Waals surface area contributed by atoms with Crippen LogP contribution in [0, 0.1) is 5.82 Å². The monoisotopic (exact) mass is 301 g/mol.